The Morgan fingerprint density at radius 1 is 1.55 bits per heavy atom. The van der Waals surface area contributed by atoms with Crippen LogP contribution in [0.4, 0.5) is 0 Å². The third-order valence-electron chi connectivity index (χ3n) is 2.59. The number of nitrogens with two attached hydrogens (primary N) is 2. The van der Waals surface area contributed by atoms with E-state index in [1.165, 1.54) is 11.2 Å². The maximum absolute atomic E-state index is 11.3. The lowest BCUT2D eigenvalue weighted by Gasteiger charge is -2.18. The SMILES string of the molecule is CNC(=O)C1=CNN(CCCCN(N)/C=C(\N)C=O)N1. The van der Waals surface area contributed by atoms with Gasteiger partial charge in [0.05, 0.1) is 5.70 Å². The van der Waals surface area contributed by atoms with Crippen molar-refractivity contribution in [2.45, 2.75) is 12.8 Å². The number of hydrazine groups is 3. The van der Waals surface area contributed by atoms with Gasteiger partial charge in [-0.15, -0.1) is 5.12 Å². The van der Waals surface area contributed by atoms with Crippen molar-refractivity contribution < 1.29 is 9.59 Å². The number of carbonyl (C=O) groups excluding carboxylic acids is 2. The monoisotopic (exact) mass is 283 g/mol. The van der Waals surface area contributed by atoms with Gasteiger partial charge in [-0.2, -0.15) is 0 Å². The molecule has 9 heteroatoms. The lowest BCUT2D eigenvalue weighted by Crippen LogP contribution is -2.42. The van der Waals surface area contributed by atoms with Gasteiger partial charge in [0, 0.05) is 32.5 Å². The van der Waals surface area contributed by atoms with Crippen LogP contribution in [0.5, 0.6) is 0 Å². The summed E-state index contributed by atoms with van der Waals surface area (Å²) in [5.74, 6) is 5.46. The van der Waals surface area contributed by atoms with Gasteiger partial charge in [-0.05, 0) is 12.8 Å². The normalized spacial score (nSPS) is 15.1. The molecule has 9 nitrogen and oxygen atoms in total. The number of unbranched alkanes of at least 4 members (excludes halogenated alkanes) is 1. The first-order valence-electron chi connectivity index (χ1n) is 6.23. The molecule has 0 aromatic carbocycles. The standard InChI is InChI=1S/C11H21N7O2/c1-14-11(20)10-6-15-18(16-10)5-3-2-4-17(13)7-9(12)8-19/h6-8,15-16H,2-5,12-13H2,1H3,(H,14,20)/b9-7-. The van der Waals surface area contributed by atoms with Crippen molar-refractivity contribution in [2.75, 3.05) is 20.1 Å². The van der Waals surface area contributed by atoms with E-state index in [0.29, 0.717) is 25.1 Å². The Morgan fingerprint density at radius 2 is 2.30 bits per heavy atom. The summed E-state index contributed by atoms with van der Waals surface area (Å²) in [6.07, 6.45) is 5.20. The lowest BCUT2D eigenvalue weighted by atomic mass is 10.3. The number of amides is 1. The van der Waals surface area contributed by atoms with Crippen LogP contribution in [0.3, 0.4) is 0 Å². The molecule has 1 rings (SSSR count). The second kappa shape index (κ2) is 8.02. The molecule has 0 aliphatic carbocycles. The minimum Gasteiger partial charge on any atom is -0.395 e. The molecule has 0 saturated carbocycles. The second-order valence-electron chi connectivity index (χ2n) is 4.22. The van der Waals surface area contributed by atoms with Crippen molar-refractivity contribution in [3.05, 3.63) is 23.8 Å². The molecule has 0 saturated heterocycles. The van der Waals surface area contributed by atoms with Crippen LogP contribution in [0, 0.1) is 0 Å². The molecule has 112 valence electrons. The van der Waals surface area contributed by atoms with Crippen molar-refractivity contribution in [3.63, 3.8) is 0 Å². The van der Waals surface area contributed by atoms with E-state index >= 15 is 0 Å². The van der Waals surface area contributed by atoms with Crippen LogP contribution < -0.4 is 27.7 Å². The van der Waals surface area contributed by atoms with Gasteiger partial charge in [0.1, 0.15) is 5.70 Å². The van der Waals surface area contributed by atoms with Gasteiger partial charge in [0.2, 0.25) is 0 Å². The van der Waals surface area contributed by atoms with Crippen LogP contribution in [0.15, 0.2) is 23.8 Å². The molecule has 0 atom stereocenters. The van der Waals surface area contributed by atoms with Gasteiger partial charge in [-0.3, -0.25) is 15.0 Å². The van der Waals surface area contributed by atoms with Crippen molar-refractivity contribution >= 4 is 12.2 Å². The molecule has 0 bridgehead atoms. The van der Waals surface area contributed by atoms with Crippen LogP contribution in [0.2, 0.25) is 0 Å². The number of likely N-dealkylation sites (N-methyl/N-ethyl adjacent to an activating group) is 1. The third-order valence-corrected chi connectivity index (χ3v) is 2.59. The van der Waals surface area contributed by atoms with Gasteiger partial charge in [0.15, 0.2) is 6.29 Å². The predicted octanol–water partition coefficient (Wildman–Crippen LogP) is -2.15. The van der Waals surface area contributed by atoms with E-state index in [-0.39, 0.29) is 11.6 Å². The molecule has 0 fully saturated rings. The lowest BCUT2D eigenvalue weighted by molar-refractivity contribution is -0.117. The van der Waals surface area contributed by atoms with Crippen molar-refractivity contribution in [3.8, 4) is 0 Å². The average molecular weight is 283 g/mol. The molecular formula is C11H21N7O2. The summed E-state index contributed by atoms with van der Waals surface area (Å²) < 4.78 is 0. The van der Waals surface area contributed by atoms with E-state index in [1.807, 2.05) is 0 Å². The fraction of sp³-hybridized carbons (Fsp3) is 0.455. The highest BCUT2D eigenvalue weighted by atomic mass is 16.2. The fourth-order valence-electron chi connectivity index (χ4n) is 1.57. The van der Waals surface area contributed by atoms with Crippen molar-refractivity contribution in [1.82, 2.24) is 26.3 Å². The minimum atomic E-state index is -0.178. The van der Waals surface area contributed by atoms with E-state index in [2.05, 4.69) is 16.2 Å². The molecule has 1 aliphatic heterocycles. The van der Waals surface area contributed by atoms with E-state index in [4.69, 9.17) is 11.6 Å². The molecular weight excluding hydrogens is 262 g/mol. The zero-order valence-corrected chi connectivity index (χ0v) is 11.4. The quantitative estimate of drug-likeness (QED) is 0.112. The number of aldehydes is 1. The van der Waals surface area contributed by atoms with Crippen LogP contribution in [-0.4, -0.2) is 42.5 Å². The Morgan fingerprint density at radius 3 is 2.95 bits per heavy atom. The van der Waals surface area contributed by atoms with Gasteiger partial charge in [-0.1, -0.05) is 0 Å². The molecule has 1 heterocycles. The van der Waals surface area contributed by atoms with Crippen LogP contribution >= 0.6 is 0 Å². The molecule has 0 spiro atoms. The highest BCUT2D eigenvalue weighted by Gasteiger charge is 2.16. The van der Waals surface area contributed by atoms with Gasteiger partial charge in [0.25, 0.3) is 5.91 Å². The summed E-state index contributed by atoms with van der Waals surface area (Å²) >= 11 is 0. The molecule has 20 heavy (non-hydrogen) atoms. The number of nitrogens with one attached hydrogen (secondary N) is 3. The van der Waals surface area contributed by atoms with Crippen molar-refractivity contribution in [2.24, 2.45) is 11.6 Å². The average Bonchev–Trinajstić information content (AvgIpc) is 2.91. The maximum atomic E-state index is 11.3. The molecule has 1 aliphatic rings. The Kier molecular flexibility index (Phi) is 6.33. The molecule has 7 N–H and O–H groups in total. The zero-order valence-electron chi connectivity index (χ0n) is 11.4. The second-order valence-corrected chi connectivity index (χ2v) is 4.22. The molecule has 0 unspecified atom stereocenters. The van der Waals surface area contributed by atoms with Crippen LogP contribution in [0.1, 0.15) is 12.8 Å². The Labute approximate surface area is 117 Å². The third kappa shape index (κ3) is 5.16. The zero-order chi connectivity index (χ0) is 15.0. The largest absolute Gasteiger partial charge is 0.395 e. The highest BCUT2D eigenvalue weighted by Crippen LogP contribution is 2.00. The van der Waals surface area contributed by atoms with E-state index < -0.39 is 0 Å². The summed E-state index contributed by atoms with van der Waals surface area (Å²) in [5.41, 5.74) is 11.7. The Balaban J connectivity index is 2.15. The highest BCUT2D eigenvalue weighted by molar-refractivity contribution is 5.92. The summed E-state index contributed by atoms with van der Waals surface area (Å²) in [7, 11) is 1.57. The molecule has 0 aromatic rings. The summed E-state index contributed by atoms with van der Waals surface area (Å²) in [5, 5.41) is 5.61. The van der Waals surface area contributed by atoms with Crippen molar-refractivity contribution in [1.29, 1.82) is 0 Å². The van der Waals surface area contributed by atoms with Crippen LogP contribution in [-0.2, 0) is 9.59 Å². The van der Waals surface area contributed by atoms with Gasteiger partial charge < -0.3 is 21.5 Å². The van der Waals surface area contributed by atoms with E-state index in [1.54, 1.807) is 18.4 Å². The minimum absolute atomic E-state index is 0.0924. The topological polar surface area (TPSA) is 129 Å². The van der Waals surface area contributed by atoms with E-state index in [0.717, 1.165) is 12.8 Å². The number of nitrogens with zero attached hydrogens (tertiary/aromatic N) is 2. The maximum Gasteiger partial charge on any atom is 0.270 e. The number of hydrogen-bond acceptors (Lipinski definition) is 8. The first-order valence-corrected chi connectivity index (χ1v) is 6.23. The summed E-state index contributed by atoms with van der Waals surface area (Å²) in [4.78, 5) is 21.6. The first-order chi connectivity index (χ1) is 9.56. The van der Waals surface area contributed by atoms with Crippen LogP contribution in [0.25, 0.3) is 0 Å². The Hall–Kier alpha value is -2.26. The fourth-order valence-corrected chi connectivity index (χ4v) is 1.57. The molecule has 1 amide bonds. The molecule has 0 aromatic heterocycles. The van der Waals surface area contributed by atoms with Gasteiger partial charge in [-0.25, -0.2) is 5.84 Å². The summed E-state index contributed by atoms with van der Waals surface area (Å²) in [6, 6.07) is 0. The predicted molar refractivity (Wildman–Crippen MR) is 73.6 cm³/mol. The molecule has 0 radical (unpaired) electrons. The first kappa shape index (κ1) is 15.8. The van der Waals surface area contributed by atoms with E-state index in [9.17, 15) is 9.59 Å². The number of rotatable bonds is 8. The number of allylic oxidation sites excluding steroid dienone is 1. The smallest absolute Gasteiger partial charge is 0.270 e. The summed E-state index contributed by atoms with van der Waals surface area (Å²) in [6.45, 7) is 1.27. The van der Waals surface area contributed by atoms with Gasteiger partial charge >= 0.3 is 0 Å². The Bertz CT molecular complexity index is 408. The number of hydrogen-bond donors (Lipinski definition) is 5. The number of carbonyl (C=O) groups is 2.